The Morgan fingerprint density at radius 3 is 3.08 bits per heavy atom. The summed E-state index contributed by atoms with van der Waals surface area (Å²) in [4.78, 5) is 19.5. The molecule has 0 radical (unpaired) electrons. The zero-order valence-corrected chi connectivity index (χ0v) is 14.4. The Balaban J connectivity index is 1.49. The van der Waals surface area contributed by atoms with Gasteiger partial charge in [0, 0.05) is 19.1 Å². The number of benzene rings is 1. The van der Waals surface area contributed by atoms with Crippen molar-refractivity contribution in [2.24, 2.45) is 5.92 Å². The summed E-state index contributed by atoms with van der Waals surface area (Å²) in [6.45, 7) is 5.29. The molecule has 5 heteroatoms. The summed E-state index contributed by atoms with van der Waals surface area (Å²) in [5.41, 5.74) is 2.02. The third-order valence-corrected chi connectivity index (χ3v) is 5.63. The quantitative estimate of drug-likeness (QED) is 0.921. The molecule has 1 amide bonds. The van der Waals surface area contributed by atoms with Gasteiger partial charge in [0.15, 0.2) is 0 Å². The first kappa shape index (κ1) is 15.6. The predicted molar refractivity (Wildman–Crippen MR) is 94.8 cm³/mol. The number of hydrogen-bond donors (Lipinski definition) is 1. The first-order valence-corrected chi connectivity index (χ1v) is 9.15. The molecule has 0 saturated carbocycles. The van der Waals surface area contributed by atoms with Gasteiger partial charge in [-0.1, -0.05) is 18.6 Å². The Labute approximate surface area is 143 Å². The van der Waals surface area contributed by atoms with Crippen LogP contribution in [0.25, 0.3) is 11.0 Å². The number of nitrogens with zero attached hydrogens (tertiary/aromatic N) is 3. The number of carbonyl (C=O) groups is 1. The number of imidazole rings is 1. The lowest BCUT2D eigenvalue weighted by Gasteiger charge is -2.38. The number of fused-ring (bicyclic) bond motifs is 2. The number of carbonyl (C=O) groups excluding carboxylic acids is 1. The average molecular weight is 326 g/mol. The van der Waals surface area contributed by atoms with Crippen molar-refractivity contribution in [1.29, 1.82) is 0 Å². The first-order chi connectivity index (χ1) is 11.7. The van der Waals surface area contributed by atoms with Crippen LogP contribution < -0.4 is 5.32 Å². The molecule has 2 atom stereocenters. The summed E-state index contributed by atoms with van der Waals surface area (Å²) in [5, 5.41) is 3.67. The average Bonchev–Trinajstić information content (AvgIpc) is 2.77. The van der Waals surface area contributed by atoms with E-state index in [0.29, 0.717) is 18.5 Å². The van der Waals surface area contributed by atoms with Crippen LogP contribution in [0.1, 0.15) is 31.5 Å². The normalized spacial score (nSPS) is 24.6. The maximum atomic E-state index is 12.9. The highest BCUT2D eigenvalue weighted by atomic mass is 16.2. The second-order valence-corrected chi connectivity index (χ2v) is 7.18. The van der Waals surface area contributed by atoms with E-state index in [1.54, 1.807) is 0 Å². The van der Waals surface area contributed by atoms with Crippen LogP contribution in [0.5, 0.6) is 0 Å². The van der Waals surface area contributed by atoms with Crippen LogP contribution in [-0.4, -0.2) is 46.0 Å². The fraction of sp³-hybridized carbons (Fsp3) is 0.579. The van der Waals surface area contributed by atoms with Gasteiger partial charge in [-0.2, -0.15) is 0 Å². The Kier molecular flexibility index (Phi) is 4.27. The van der Waals surface area contributed by atoms with Crippen molar-refractivity contribution in [2.75, 3.05) is 19.6 Å². The number of hydrogen-bond acceptors (Lipinski definition) is 3. The number of piperidine rings is 1. The van der Waals surface area contributed by atoms with Crippen molar-refractivity contribution >= 4 is 16.9 Å². The second-order valence-electron chi connectivity index (χ2n) is 7.18. The second kappa shape index (κ2) is 6.55. The van der Waals surface area contributed by atoms with Crippen LogP contribution in [0.15, 0.2) is 24.3 Å². The van der Waals surface area contributed by atoms with Crippen molar-refractivity contribution in [1.82, 2.24) is 19.8 Å². The summed E-state index contributed by atoms with van der Waals surface area (Å²) in [6, 6.07) is 8.65. The van der Waals surface area contributed by atoms with Crippen molar-refractivity contribution in [3.8, 4) is 0 Å². The summed E-state index contributed by atoms with van der Waals surface area (Å²) < 4.78 is 2.05. The van der Waals surface area contributed by atoms with Crippen LogP contribution in [0.3, 0.4) is 0 Å². The molecule has 2 aromatic rings. The number of para-hydroxylation sites is 2. The predicted octanol–water partition coefficient (Wildman–Crippen LogP) is 2.34. The number of likely N-dealkylation sites (tertiary alicyclic amines) is 1. The van der Waals surface area contributed by atoms with E-state index in [2.05, 4.69) is 19.8 Å². The van der Waals surface area contributed by atoms with E-state index in [4.69, 9.17) is 0 Å². The highest BCUT2D eigenvalue weighted by molar-refractivity contribution is 5.81. The standard InChI is InChI=1S/C19H26N4O/c1-14-21-17-7-2-3-8-18(17)23(14)13-19(24)22-11-9-16-15(12-22)6-4-5-10-20-16/h2-3,7-8,15-16,20H,4-6,9-13H2,1H3/t15-,16-/m1/s1. The Morgan fingerprint density at radius 1 is 1.29 bits per heavy atom. The van der Waals surface area contributed by atoms with Crippen LogP contribution in [0.2, 0.25) is 0 Å². The van der Waals surface area contributed by atoms with Gasteiger partial charge in [0.1, 0.15) is 12.4 Å². The van der Waals surface area contributed by atoms with E-state index in [1.165, 1.54) is 19.3 Å². The van der Waals surface area contributed by atoms with Gasteiger partial charge < -0.3 is 14.8 Å². The van der Waals surface area contributed by atoms with Crippen molar-refractivity contribution in [3.63, 3.8) is 0 Å². The van der Waals surface area contributed by atoms with Gasteiger partial charge in [-0.05, 0) is 50.8 Å². The molecule has 24 heavy (non-hydrogen) atoms. The van der Waals surface area contributed by atoms with Gasteiger partial charge in [0.2, 0.25) is 5.91 Å². The van der Waals surface area contributed by atoms with Crippen molar-refractivity contribution in [2.45, 2.75) is 45.2 Å². The highest BCUT2D eigenvalue weighted by Crippen LogP contribution is 2.25. The fourth-order valence-corrected chi connectivity index (χ4v) is 4.27. The molecule has 2 aliphatic heterocycles. The molecule has 5 nitrogen and oxygen atoms in total. The van der Waals surface area contributed by atoms with Gasteiger partial charge in [-0.25, -0.2) is 4.98 Å². The number of amides is 1. The molecule has 2 fully saturated rings. The van der Waals surface area contributed by atoms with E-state index in [1.807, 2.05) is 31.2 Å². The van der Waals surface area contributed by atoms with E-state index in [0.717, 1.165) is 42.9 Å². The van der Waals surface area contributed by atoms with E-state index in [-0.39, 0.29) is 5.91 Å². The minimum absolute atomic E-state index is 0.226. The molecule has 0 bridgehead atoms. The third kappa shape index (κ3) is 2.93. The summed E-state index contributed by atoms with van der Waals surface area (Å²) in [7, 11) is 0. The zero-order chi connectivity index (χ0) is 16.5. The number of rotatable bonds is 2. The van der Waals surface area contributed by atoms with Gasteiger partial charge in [-0.15, -0.1) is 0 Å². The fourth-order valence-electron chi connectivity index (χ4n) is 4.27. The molecule has 4 rings (SSSR count). The topological polar surface area (TPSA) is 50.2 Å². The van der Waals surface area contributed by atoms with E-state index in [9.17, 15) is 4.79 Å². The summed E-state index contributed by atoms with van der Waals surface area (Å²) in [6.07, 6.45) is 4.87. The molecule has 3 heterocycles. The van der Waals surface area contributed by atoms with Crippen LogP contribution in [-0.2, 0) is 11.3 Å². The van der Waals surface area contributed by atoms with Gasteiger partial charge >= 0.3 is 0 Å². The van der Waals surface area contributed by atoms with E-state index >= 15 is 0 Å². The van der Waals surface area contributed by atoms with Gasteiger partial charge in [0.05, 0.1) is 11.0 Å². The molecular weight excluding hydrogens is 300 g/mol. The maximum absolute atomic E-state index is 12.9. The molecule has 2 aliphatic rings. The van der Waals surface area contributed by atoms with Crippen molar-refractivity contribution in [3.05, 3.63) is 30.1 Å². The van der Waals surface area contributed by atoms with E-state index < -0.39 is 0 Å². The molecule has 1 aromatic carbocycles. The minimum atomic E-state index is 0.226. The number of aromatic nitrogens is 2. The van der Waals surface area contributed by atoms with Crippen LogP contribution in [0, 0.1) is 12.8 Å². The molecule has 0 unspecified atom stereocenters. The van der Waals surface area contributed by atoms with Crippen molar-refractivity contribution < 1.29 is 4.79 Å². The SMILES string of the molecule is Cc1nc2ccccc2n1CC(=O)N1CC[C@H]2NCCCC[C@@H]2C1. The minimum Gasteiger partial charge on any atom is -0.341 e. The first-order valence-electron chi connectivity index (χ1n) is 9.15. The number of nitrogens with one attached hydrogen (secondary N) is 1. The molecule has 128 valence electrons. The molecule has 1 aromatic heterocycles. The van der Waals surface area contributed by atoms with Gasteiger partial charge in [-0.3, -0.25) is 4.79 Å². The lowest BCUT2D eigenvalue weighted by atomic mass is 9.89. The lowest BCUT2D eigenvalue weighted by molar-refractivity contribution is -0.134. The van der Waals surface area contributed by atoms with Crippen LogP contribution >= 0.6 is 0 Å². The monoisotopic (exact) mass is 326 g/mol. The molecule has 0 aliphatic carbocycles. The molecule has 1 N–H and O–H groups in total. The number of aryl methyl sites for hydroxylation is 1. The Morgan fingerprint density at radius 2 is 2.17 bits per heavy atom. The highest BCUT2D eigenvalue weighted by Gasteiger charge is 2.32. The zero-order valence-electron chi connectivity index (χ0n) is 14.4. The maximum Gasteiger partial charge on any atom is 0.242 e. The Hall–Kier alpha value is -1.88. The third-order valence-electron chi connectivity index (χ3n) is 5.63. The lowest BCUT2D eigenvalue weighted by Crippen LogP contribution is -2.51. The largest absolute Gasteiger partial charge is 0.341 e. The smallest absolute Gasteiger partial charge is 0.242 e. The molecular formula is C19H26N4O. The summed E-state index contributed by atoms with van der Waals surface area (Å²) in [5.74, 6) is 1.75. The van der Waals surface area contributed by atoms with Crippen LogP contribution in [0.4, 0.5) is 0 Å². The summed E-state index contributed by atoms with van der Waals surface area (Å²) >= 11 is 0. The molecule has 2 saturated heterocycles. The Bertz CT molecular complexity index is 738. The van der Waals surface area contributed by atoms with Gasteiger partial charge in [0.25, 0.3) is 0 Å². The molecule has 0 spiro atoms.